The maximum Gasteiger partial charge on any atom is 0.178 e. The summed E-state index contributed by atoms with van der Waals surface area (Å²) in [5.74, 6) is 2.97. The van der Waals surface area contributed by atoms with Gasteiger partial charge in [0.1, 0.15) is 28.8 Å². The van der Waals surface area contributed by atoms with Gasteiger partial charge in [0.15, 0.2) is 11.6 Å². The lowest BCUT2D eigenvalue weighted by Gasteiger charge is -2.05. The fourth-order valence-corrected chi connectivity index (χ4v) is 2.48. The molecule has 2 aromatic rings. The molecule has 0 saturated carbocycles. The van der Waals surface area contributed by atoms with Crippen LogP contribution in [0.25, 0.3) is 0 Å². The summed E-state index contributed by atoms with van der Waals surface area (Å²) < 4.78 is 19.5. The normalized spacial score (nSPS) is 13.6. The van der Waals surface area contributed by atoms with Gasteiger partial charge in [0.25, 0.3) is 0 Å². The molecule has 0 spiro atoms. The lowest BCUT2D eigenvalue weighted by Crippen LogP contribution is -2.07. The standard InChI is InChI=1S/4C7H8O2/c4*1-9-7-4-2-6(8)3-5-7/h2,4-5H,3H2,1H3;2*2-5,8H,1H3;2-5,7H,1H3. The molecule has 0 atom stereocenters. The van der Waals surface area contributed by atoms with E-state index in [0.717, 1.165) is 17.3 Å². The molecule has 192 valence electrons. The third-order valence-electron chi connectivity index (χ3n) is 4.49. The van der Waals surface area contributed by atoms with Crippen molar-refractivity contribution in [3.8, 4) is 23.0 Å². The van der Waals surface area contributed by atoms with Crippen LogP contribution < -0.4 is 9.47 Å². The van der Waals surface area contributed by atoms with Crippen LogP contribution in [-0.4, -0.2) is 56.3 Å². The molecule has 2 N–H and O–H groups in total. The second kappa shape index (κ2) is 17.2. The van der Waals surface area contributed by atoms with Crippen molar-refractivity contribution in [3.05, 3.63) is 96.8 Å². The van der Waals surface area contributed by atoms with Gasteiger partial charge in [0.05, 0.1) is 27.4 Å². The minimum absolute atomic E-state index is 0.0114. The zero-order chi connectivity index (χ0) is 26.8. The Labute approximate surface area is 211 Å². The van der Waals surface area contributed by atoms with Crippen LogP contribution in [0.15, 0.2) is 96.8 Å². The number of methoxy groups -OCH3 is 4. The van der Waals surface area contributed by atoms with Crippen molar-refractivity contribution in [3.63, 3.8) is 0 Å². The van der Waals surface area contributed by atoms with E-state index in [4.69, 9.17) is 29.2 Å². The van der Waals surface area contributed by atoms with Crippen LogP contribution in [0.2, 0.25) is 0 Å². The number of carbonyl (C=O) groups is 2. The van der Waals surface area contributed by atoms with E-state index in [1.807, 2.05) is 0 Å². The van der Waals surface area contributed by atoms with Gasteiger partial charge in [0.2, 0.25) is 0 Å². The first-order valence-electron chi connectivity index (χ1n) is 10.9. The Morgan fingerprint density at radius 2 is 1.14 bits per heavy atom. The Morgan fingerprint density at radius 3 is 1.47 bits per heavy atom. The maximum atomic E-state index is 10.5. The molecular weight excluding hydrogens is 464 g/mol. The van der Waals surface area contributed by atoms with Gasteiger partial charge in [-0.15, -0.1) is 0 Å². The molecule has 36 heavy (non-hydrogen) atoms. The van der Waals surface area contributed by atoms with Gasteiger partial charge in [-0.2, -0.15) is 0 Å². The topological polar surface area (TPSA) is 112 Å². The van der Waals surface area contributed by atoms with Crippen molar-refractivity contribution in [2.75, 3.05) is 28.4 Å². The summed E-state index contributed by atoms with van der Waals surface area (Å²) in [5.41, 5.74) is 0. The first-order valence-corrected chi connectivity index (χ1v) is 10.9. The van der Waals surface area contributed by atoms with Crippen molar-refractivity contribution in [1.29, 1.82) is 0 Å². The first-order chi connectivity index (χ1) is 17.3. The summed E-state index contributed by atoms with van der Waals surface area (Å²) in [4.78, 5) is 21.0. The Bertz CT molecular complexity index is 986. The molecule has 8 heteroatoms. The summed E-state index contributed by atoms with van der Waals surface area (Å²) in [6.07, 6.45) is 11.9. The van der Waals surface area contributed by atoms with Crippen molar-refractivity contribution in [2.45, 2.75) is 12.5 Å². The molecule has 0 saturated heterocycles. The average Bonchev–Trinajstić information content (AvgIpc) is 2.92. The zero-order valence-corrected chi connectivity index (χ0v) is 20.8. The van der Waals surface area contributed by atoms with Crippen LogP contribution >= 0.6 is 0 Å². The van der Waals surface area contributed by atoms with E-state index in [0.29, 0.717) is 6.42 Å². The molecule has 0 aromatic heterocycles. The van der Waals surface area contributed by atoms with E-state index in [2.05, 4.69) is 0 Å². The number of allylic oxidation sites excluding steroid dienone is 5. The molecule has 2 aliphatic carbocycles. The van der Waals surface area contributed by atoms with Crippen LogP contribution in [0.4, 0.5) is 0 Å². The molecule has 2 aromatic carbocycles. The van der Waals surface area contributed by atoms with Crippen molar-refractivity contribution in [1.82, 2.24) is 0 Å². The molecule has 0 amide bonds. The molecule has 0 bridgehead atoms. The van der Waals surface area contributed by atoms with Gasteiger partial charge in [-0.3, -0.25) is 9.59 Å². The first kappa shape index (κ1) is 29.7. The number of aromatic hydroxyl groups is 2. The molecule has 0 heterocycles. The number of benzene rings is 2. The summed E-state index contributed by atoms with van der Waals surface area (Å²) >= 11 is 0. The predicted molar refractivity (Wildman–Crippen MR) is 137 cm³/mol. The monoisotopic (exact) mass is 496 g/mol. The molecule has 0 fully saturated rings. The van der Waals surface area contributed by atoms with E-state index < -0.39 is 0 Å². The third kappa shape index (κ3) is 12.8. The summed E-state index contributed by atoms with van der Waals surface area (Å²) in [6.45, 7) is 0. The number of hydrogen-bond donors (Lipinski definition) is 2. The third-order valence-corrected chi connectivity index (χ3v) is 4.49. The minimum atomic E-state index is -0.0114. The van der Waals surface area contributed by atoms with Crippen molar-refractivity contribution in [2.24, 2.45) is 0 Å². The maximum absolute atomic E-state index is 10.5. The number of ketones is 2. The van der Waals surface area contributed by atoms with Crippen LogP contribution in [-0.2, 0) is 19.1 Å². The van der Waals surface area contributed by atoms with Crippen LogP contribution in [0.5, 0.6) is 23.0 Å². The molecule has 2 aliphatic rings. The van der Waals surface area contributed by atoms with Gasteiger partial charge in [-0.05, 0) is 91.1 Å². The number of ether oxygens (including phenoxy) is 4. The predicted octanol–water partition coefficient (Wildman–Crippen LogP) is 4.54. The Kier molecular flexibility index (Phi) is 14.2. The number of rotatable bonds is 4. The number of phenolic OH excluding ortho intramolecular Hbond substituents is 2. The lowest BCUT2D eigenvalue weighted by atomic mass is 10.1. The lowest BCUT2D eigenvalue weighted by molar-refractivity contribution is -0.114. The van der Waals surface area contributed by atoms with Gasteiger partial charge in [-0.25, -0.2) is 0 Å². The number of phenols is 2. The fraction of sp³-hybridized carbons (Fsp3) is 0.214. The molecule has 0 aliphatic heterocycles. The molecule has 0 unspecified atom stereocenters. The molecule has 0 radical (unpaired) electrons. The second-order valence-electron chi connectivity index (χ2n) is 7.03. The van der Waals surface area contributed by atoms with E-state index in [1.165, 1.54) is 18.2 Å². The fourth-order valence-electron chi connectivity index (χ4n) is 2.48. The number of hydrogen-bond acceptors (Lipinski definition) is 8. The Morgan fingerprint density at radius 1 is 0.667 bits per heavy atom. The highest BCUT2D eigenvalue weighted by Crippen LogP contribution is 2.15. The Hall–Kier alpha value is -4.30. The van der Waals surface area contributed by atoms with Crippen LogP contribution in [0, 0.1) is 0 Å². The highest BCUT2D eigenvalue weighted by Gasteiger charge is 2.03. The second-order valence-corrected chi connectivity index (χ2v) is 7.03. The Balaban J connectivity index is 0.000000240. The van der Waals surface area contributed by atoms with E-state index in [-0.39, 0.29) is 29.2 Å². The summed E-state index contributed by atoms with van der Waals surface area (Å²) in [6, 6.07) is 13.1. The van der Waals surface area contributed by atoms with Crippen molar-refractivity contribution >= 4 is 11.6 Å². The van der Waals surface area contributed by atoms with Gasteiger partial charge in [-0.1, -0.05) is 0 Å². The molecule has 8 nitrogen and oxygen atoms in total. The van der Waals surface area contributed by atoms with E-state index in [9.17, 15) is 9.59 Å². The van der Waals surface area contributed by atoms with E-state index >= 15 is 0 Å². The van der Waals surface area contributed by atoms with Gasteiger partial charge >= 0.3 is 0 Å². The van der Waals surface area contributed by atoms with E-state index in [1.54, 1.807) is 101 Å². The smallest absolute Gasteiger partial charge is 0.178 e. The van der Waals surface area contributed by atoms with Crippen LogP contribution in [0.1, 0.15) is 6.42 Å². The largest absolute Gasteiger partial charge is 0.508 e. The highest BCUT2D eigenvalue weighted by atomic mass is 16.5. The van der Waals surface area contributed by atoms with Gasteiger partial charge < -0.3 is 29.2 Å². The summed E-state index contributed by atoms with van der Waals surface area (Å²) in [5, 5.41) is 17.6. The quantitative estimate of drug-likeness (QED) is 0.635. The average molecular weight is 497 g/mol. The number of carbonyl (C=O) groups excluding carboxylic acids is 2. The van der Waals surface area contributed by atoms with Gasteiger partial charge in [0, 0.05) is 13.5 Å². The highest BCUT2D eigenvalue weighted by molar-refractivity contribution is 6.00. The SMILES string of the molecule is COC1=CCC(=O)C=C1.COC1C=CC(=O)C=C1.COc1ccc(O)cc1.COc1ccc(O)cc1. The zero-order valence-electron chi connectivity index (χ0n) is 20.8. The molecular formula is C28H32O8. The summed E-state index contributed by atoms with van der Waals surface area (Å²) in [7, 11) is 6.37. The minimum Gasteiger partial charge on any atom is -0.508 e. The van der Waals surface area contributed by atoms with Crippen molar-refractivity contribution < 1.29 is 38.7 Å². The molecule has 4 rings (SSSR count). The van der Waals surface area contributed by atoms with Crippen LogP contribution in [0.3, 0.4) is 0 Å².